The monoisotopic (exact) mass is 412 g/mol. The first-order valence-corrected chi connectivity index (χ1v) is 9.55. The second-order valence-corrected chi connectivity index (χ2v) is 8.18. The molecule has 0 atom stereocenters. The molecular formula is C18H22Cl2N4O3. The van der Waals surface area contributed by atoms with Crippen molar-refractivity contribution in [1.82, 2.24) is 20.0 Å². The molecule has 2 aliphatic heterocycles. The molecule has 1 N–H and O–H groups in total. The second kappa shape index (κ2) is 7.66. The zero-order chi connectivity index (χ0) is 19.8. The number of piperazine rings is 1. The van der Waals surface area contributed by atoms with Crippen molar-refractivity contribution in [2.75, 3.05) is 39.3 Å². The van der Waals surface area contributed by atoms with E-state index in [1.165, 1.54) is 4.90 Å². The summed E-state index contributed by atoms with van der Waals surface area (Å²) in [6.07, 6.45) is 0. The van der Waals surface area contributed by atoms with Gasteiger partial charge in [-0.05, 0) is 32.0 Å². The van der Waals surface area contributed by atoms with Crippen LogP contribution < -0.4 is 5.32 Å². The summed E-state index contributed by atoms with van der Waals surface area (Å²) in [6, 6.07) is 4.47. The van der Waals surface area contributed by atoms with E-state index in [0.29, 0.717) is 54.9 Å². The summed E-state index contributed by atoms with van der Waals surface area (Å²) in [4.78, 5) is 41.9. The van der Waals surface area contributed by atoms with Crippen LogP contribution in [0.15, 0.2) is 18.2 Å². The Hall–Kier alpha value is -1.83. The van der Waals surface area contributed by atoms with Crippen molar-refractivity contribution in [3.63, 3.8) is 0 Å². The molecule has 0 aromatic heterocycles. The number of rotatable bonds is 4. The van der Waals surface area contributed by atoms with Gasteiger partial charge in [0.25, 0.3) is 11.8 Å². The number of hydrogen-bond acceptors (Lipinski definition) is 4. The molecule has 4 amide bonds. The Morgan fingerprint density at radius 3 is 2.15 bits per heavy atom. The van der Waals surface area contributed by atoms with Gasteiger partial charge < -0.3 is 10.2 Å². The van der Waals surface area contributed by atoms with Crippen molar-refractivity contribution in [3.05, 3.63) is 33.8 Å². The van der Waals surface area contributed by atoms with Crippen molar-refractivity contribution >= 4 is 41.0 Å². The first kappa shape index (κ1) is 19.9. The molecule has 7 nitrogen and oxygen atoms in total. The number of halogens is 2. The number of carbonyl (C=O) groups excluding carboxylic acids is 3. The van der Waals surface area contributed by atoms with Gasteiger partial charge in [0.15, 0.2) is 0 Å². The Labute approximate surface area is 168 Å². The Balaban J connectivity index is 1.51. The molecule has 27 heavy (non-hydrogen) atoms. The summed E-state index contributed by atoms with van der Waals surface area (Å²) in [5.74, 6) is -0.311. The number of amides is 4. The molecular weight excluding hydrogens is 391 g/mol. The maximum Gasteiger partial charge on any atom is 0.325 e. The van der Waals surface area contributed by atoms with Gasteiger partial charge in [-0.1, -0.05) is 23.2 Å². The lowest BCUT2D eigenvalue weighted by Gasteiger charge is -2.35. The molecule has 9 heteroatoms. The second-order valence-electron chi connectivity index (χ2n) is 7.30. The highest BCUT2D eigenvalue weighted by Crippen LogP contribution is 2.21. The van der Waals surface area contributed by atoms with Gasteiger partial charge in [0.05, 0.1) is 0 Å². The molecule has 146 valence electrons. The highest BCUT2D eigenvalue weighted by molar-refractivity contribution is 6.35. The molecule has 0 spiro atoms. The first-order valence-electron chi connectivity index (χ1n) is 8.79. The van der Waals surface area contributed by atoms with E-state index in [1.807, 2.05) is 0 Å². The lowest BCUT2D eigenvalue weighted by atomic mass is 10.1. The topological polar surface area (TPSA) is 73.0 Å². The van der Waals surface area contributed by atoms with Gasteiger partial charge in [-0.2, -0.15) is 0 Å². The van der Waals surface area contributed by atoms with Gasteiger partial charge in [0.2, 0.25) is 0 Å². The molecule has 0 bridgehead atoms. The molecule has 0 radical (unpaired) electrons. The molecule has 2 aliphatic rings. The summed E-state index contributed by atoms with van der Waals surface area (Å²) in [7, 11) is 0. The highest BCUT2D eigenvalue weighted by atomic mass is 35.5. The minimum absolute atomic E-state index is 0.102. The maximum atomic E-state index is 12.6. The first-order chi connectivity index (χ1) is 12.7. The van der Waals surface area contributed by atoms with Crippen molar-refractivity contribution in [3.8, 4) is 0 Å². The third-order valence-corrected chi connectivity index (χ3v) is 5.29. The molecule has 0 aliphatic carbocycles. The van der Waals surface area contributed by atoms with Crippen LogP contribution in [-0.4, -0.2) is 77.4 Å². The maximum absolute atomic E-state index is 12.6. The van der Waals surface area contributed by atoms with E-state index in [1.54, 1.807) is 36.9 Å². The van der Waals surface area contributed by atoms with Gasteiger partial charge in [-0.25, -0.2) is 4.79 Å². The number of hydrogen-bond donors (Lipinski definition) is 1. The fourth-order valence-corrected chi connectivity index (χ4v) is 3.82. The molecule has 2 saturated heterocycles. The number of nitrogens with one attached hydrogen (secondary N) is 1. The molecule has 0 unspecified atom stereocenters. The fraction of sp³-hybridized carbons (Fsp3) is 0.500. The van der Waals surface area contributed by atoms with Crippen LogP contribution >= 0.6 is 23.2 Å². The summed E-state index contributed by atoms with van der Waals surface area (Å²) < 4.78 is 0. The van der Waals surface area contributed by atoms with Crippen molar-refractivity contribution in [2.24, 2.45) is 0 Å². The number of nitrogens with zero attached hydrogens (tertiary/aromatic N) is 3. The SMILES string of the molecule is CC1(C)NC(=O)N(CCN2CCN(C(=O)c3cc(Cl)cc(Cl)c3)CC2)C1=O. The Morgan fingerprint density at radius 2 is 1.63 bits per heavy atom. The normalized spacial score (nSPS) is 20.1. The van der Waals surface area contributed by atoms with Gasteiger partial charge in [0.1, 0.15) is 5.54 Å². The zero-order valence-corrected chi connectivity index (χ0v) is 16.8. The molecule has 2 heterocycles. The predicted octanol–water partition coefficient (Wildman–Crippen LogP) is 2.08. The smallest absolute Gasteiger partial charge is 0.325 e. The van der Waals surface area contributed by atoms with Crippen LogP contribution in [0, 0.1) is 0 Å². The standard InChI is InChI=1S/C18H22Cl2N4O3/c1-18(2)16(26)24(17(27)21-18)8-5-22-3-6-23(7-4-22)15(25)12-9-13(19)11-14(20)10-12/h9-11H,3-8H2,1-2H3,(H,21,27). The molecule has 3 rings (SSSR count). The minimum Gasteiger partial charge on any atom is -0.336 e. The number of urea groups is 1. The lowest BCUT2D eigenvalue weighted by molar-refractivity contribution is -0.130. The van der Waals surface area contributed by atoms with E-state index in [0.717, 1.165) is 0 Å². The van der Waals surface area contributed by atoms with Crippen LogP contribution in [0.25, 0.3) is 0 Å². The quantitative estimate of drug-likeness (QED) is 0.768. The van der Waals surface area contributed by atoms with Gasteiger partial charge in [-0.15, -0.1) is 0 Å². The summed E-state index contributed by atoms with van der Waals surface area (Å²) in [5, 5.41) is 3.54. The average molecular weight is 413 g/mol. The number of imide groups is 1. The highest BCUT2D eigenvalue weighted by Gasteiger charge is 2.44. The third kappa shape index (κ3) is 4.36. The van der Waals surface area contributed by atoms with E-state index in [4.69, 9.17) is 23.2 Å². The van der Waals surface area contributed by atoms with E-state index < -0.39 is 5.54 Å². The van der Waals surface area contributed by atoms with Crippen molar-refractivity contribution in [1.29, 1.82) is 0 Å². The van der Waals surface area contributed by atoms with Crippen molar-refractivity contribution in [2.45, 2.75) is 19.4 Å². The van der Waals surface area contributed by atoms with E-state index >= 15 is 0 Å². The minimum atomic E-state index is -0.847. The van der Waals surface area contributed by atoms with Gasteiger partial charge in [0, 0.05) is 54.9 Å². The molecule has 1 aromatic rings. The molecule has 2 fully saturated rings. The fourth-order valence-electron chi connectivity index (χ4n) is 3.30. The Morgan fingerprint density at radius 1 is 1.04 bits per heavy atom. The largest absolute Gasteiger partial charge is 0.336 e. The Kier molecular flexibility index (Phi) is 5.65. The van der Waals surface area contributed by atoms with Crippen molar-refractivity contribution < 1.29 is 14.4 Å². The van der Waals surface area contributed by atoms with Crippen LogP contribution in [0.4, 0.5) is 4.79 Å². The molecule has 0 saturated carbocycles. The van der Waals surface area contributed by atoms with E-state index in [-0.39, 0.29) is 17.8 Å². The Bertz CT molecular complexity index is 756. The average Bonchev–Trinajstić information content (AvgIpc) is 2.79. The summed E-state index contributed by atoms with van der Waals surface area (Å²) >= 11 is 12.0. The van der Waals surface area contributed by atoms with E-state index in [9.17, 15) is 14.4 Å². The summed E-state index contributed by atoms with van der Waals surface area (Å²) in [5.41, 5.74) is -0.372. The van der Waals surface area contributed by atoms with E-state index in [2.05, 4.69) is 10.2 Å². The van der Waals surface area contributed by atoms with Crippen LogP contribution in [0.3, 0.4) is 0 Å². The molecule has 1 aromatic carbocycles. The van der Waals surface area contributed by atoms with Crippen LogP contribution in [0.1, 0.15) is 24.2 Å². The number of benzene rings is 1. The van der Waals surface area contributed by atoms with Crippen LogP contribution in [-0.2, 0) is 4.79 Å². The van der Waals surface area contributed by atoms with Gasteiger partial charge in [-0.3, -0.25) is 19.4 Å². The predicted molar refractivity (Wildman–Crippen MR) is 103 cm³/mol. The van der Waals surface area contributed by atoms with Crippen LogP contribution in [0.5, 0.6) is 0 Å². The van der Waals surface area contributed by atoms with Gasteiger partial charge >= 0.3 is 6.03 Å². The zero-order valence-electron chi connectivity index (χ0n) is 15.3. The summed E-state index contributed by atoms with van der Waals surface area (Å²) in [6.45, 7) is 6.79. The lowest BCUT2D eigenvalue weighted by Crippen LogP contribution is -2.50. The third-order valence-electron chi connectivity index (χ3n) is 4.85. The number of carbonyl (C=O) groups is 3. The van der Waals surface area contributed by atoms with Crippen LogP contribution in [0.2, 0.25) is 10.0 Å².